The predicted octanol–water partition coefficient (Wildman–Crippen LogP) is 2.54. The second-order valence-electron chi connectivity index (χ2n) is 6.19. The molecule has 2 fully saturated rings. The zero-order valence-electron chi connectivity index (χ0n) is 11.7. The molecule has 3 nitrogen and oxygen atoms in total. The van der Waals surface area contributed by atoms with Crippen LogP contribution in [0.5, 0.6) is 0 Å². The highest BCUT2D eigenvalue weighted by Crippen LogP contribution is 2.33. The molecule has 1 amide bonds. The molecule has 0 bridgehead atoms. The molecule has 0 aromatic heterocycles. The summed E-state index contributed by atoms with van der Waals surface area (Å²) in [6.07, 6.45) is 9.74. The zero-order valence-corrected chi connectivity index (χ0v) is 11.7. The fourth-order valence-corrected chi connectivity index (χ4v) is 3.44. The first-order valence-corrected chi connectivity index (χ1v) is 7.75. The van der Waals surface area contributed by atoms with Gasteiger partial charge in [-0.2, -0.15) is 0 Å². The van der Waals surface area contributed by atoms with Crippen LogP contribution >= 0.6 is 0 Å². The van der Waals surface area contributed by atoms with E-state index in [4.69, 9.17) is 5.73 Å². The van der Waals surface area contributed by atoms with Crippen LogP contribution in [0.2, 0.25) is 0 Å². The highest BCUT2D eigenvalue weighted by Gasteiger charge is 2.32. The molecule has 1 aliphatic heterocycles. The summed E-state index contributed by atoms with van der Waals surface area (Å²) >= 11 is 0. The molecule has 0 aromatic rings. The molecule has 2 rings (SSSR count). The second kappa shape index (κ2) is 6.55. The van der Waals surface area contributed by atoms with Gasteiger partial charge in [-0.3, -0.25) is 4.79 Å². The molecule has 1 saturated heterocycles. The molecular weight excluding hydrogens is 224 g/mol. The Hall–Kier alpha value is -0.570. The van der Waals surface area contributed by atoms with Crippen molar-refractivity contribution >= 4 is 5.91 Å². The van der Waals surface area contributed by atoms with Gasteiger partial charge in [-0.25, -0.2) is 0 Å². The van der Waals surface area contributed by atoms with E-state index in [-0.39, 0.29) is 6.04 Å². The Bertz CT molecular complexity index is 272. The number of rotatable bonds is 4. The van der Waals surface area contributed by atoms with E-state index < -0.39 is 0 Å². The van der Waals surface area contributed by atoms with E-state index >= 15 is 0 Å². The van der Waals surface area contributed by atoms with Crippen LogP contribution in [-0.4, -0.2) is 29.9 Å². The van der Waals surface area contributed by atoms with Crippen LogP contribution in [0.25, 0.3) is 0 Å². The molecule has 1 heterocycles. The van der Waals surface area contributed by atoms with Crippen molar-refractivity contribution in [1.29, 1.82) is 0 Å². The maximum absolute atomic E-state index is 12.3. The number of nitrogens with zero attached hydrogens (tertiary/aromatic N) is 1. The largest absolute Gasteiger partial charge is 0.341 e. The third kappa shape index (κ3) is 3.47. The first-order chi connectivity index (χ1) is 8.70. The van der Waals surface area contributed by atoms with Gasteiger partial charge in [0.2, 0.25) is 5.91 Å². The lowest BCUT2D eigenvalue weighted by Gasteiger charge is -2.30. The Balaban J connectivity index is 1.73. The predicted molar refractivity (Wildman–Crippen MR) is 74.1 cm³/mol. The molecule has 3 heteroatoms. The van der Waals surface area contributed by atoms with Crippen LogP contribution in [0.4, 0.5) is 0 Å². The van der Waals surface area contributed by atoms with Crippen LogP contribution in [0.15, 0.2) is 0 Å². The van der Waals surface area contributed by atoms with Crippen molar-refractivity contribution in [3.8, 4) is 0 Å². The van der Waals surface area contributed by atoms with Crippen LogP contribution in [0, 0.1) is 11.8 Å². The molecule has 2 aliphatic rings. The van der Waals surface area contributed by atoms with Crippen LogP contribution < -0.4 is 5.73 Å². The van der Waals surface area contributed by atoms with Gasteiger partial charge in [0.25, 0.3) is 0 Å². The number of nitrogens with two attached hydrogens (primary N) is 1. The maximum Gasteiger partial charge on any atom is 0.225 e. The Morgan fingerprint density at radius 1 is 1.22 bits per heavy atom. The minimum absolute atomic E-state index is 0.217. The van der Waals surface area contributed by atoms with Crippen LogP contribution in [-0.2, 0) is 4.79 Å². The molecule has 1 atom stereocenters. The van der Waals surface area contributed by atoms with Crippen molar-refractivity contribution in [2.45, 2.75) is 64.3 Å². The summed E-state index contributed by atoms with van der Waals surface area (Å²) in [6, 6.07) is 0.217. The van der Waals surface area contributed by atoms with Crippen molar-refractivity contribution < 1.29 is 4.79 Å². The summed E-state index contributed by atoms with van der Waals surface area (Å²) in [4.78, 5) is 14.3. The molecule has 18 heavy (non-hydrogen) atoms. The maximum atomic E-state index is 12.3. The van der Waals surface area contributed by atoms with Gasteiger partial charge in [0.1, 0.15) is 0 Å². The van der Waals surface area contributed by atoms with E-state index in [1.807, 2.05) is 4.90 Å². The zero-order chi connectivity index (χ0) is 13.0. The van der Waals surface area contributed by atoms with E-state index in [9.17, 15) is 4.79 Å². The summed E-state index contributed by atoms with van der Waals surface area (Å²) < 4.78 is 0. The lowest BCUT2D eigenvalue weighted by molar-refractivity contribution is -0.135. The quantitative estimate of drug-likeness (QED) is 0.835. The first-order valence-electron chi connectivity index (χ1n) is 7.75. The number of carbonyl (C=O) groups is 1. The van der Waals surface area contributed by atoms with E-state index in [1.54, 1.807) is 0 Å². The summed E-state index contributed by atoms with van der Waals surface area (Å²) in [6.45, 7) is 3.93. The Morgan fingerprint density at radius 3 is 2.50 bits per heavy atom. The van der Waals surface area contributed by atoms with Crippen LogP contribution in [0.1, 0.15) is 58.3 Å². The van der Waals surface area contributed by atoms with E-state index in [2.05, 4.69) is 6.92 Å². The third-order valence-corrected chi connectivity index (χ3v) is 4.70. The van der Waals surface area contributed by atoms with Crippen molar-refractivity contribution in [2.24, 2.45) is 17.6 Å². The number of amides is 1. The highest BCUT2D eigenvalue weighted by atomic mass is 16.2. The fraction of sp³-hybridized carbons (Fsp3) is 0.933. The van der Waals surface area contributed by atoms with Crippen molar-refractivity contribution in [2.75, 3.05) is 13.1 Å². The number of hydrogen-bond acceptors (Lipinski definition) is 2. The van der Waals surface area contributed by atoms with E-state index in [0.717, 1.165) is 38.3 Å². The summed E-state index contributed by atoms with van der Waals surface area (Å²) in [5.74, 6) is 1.57. The molecular formula is C15H28N2O. The van der Waals surface area contributed by atoms with Gasteiger partial charge >= 0.3 is 0 Å². The van der Waals surface area contributed by atoms with Gasteiger partial charge in [0, 0.05) is 25.0 Å². The molecule has 1 saturated carbocycles. The number of hydrogen-bond donors (Lipinski definition) is 1. The van der Waals surface area contributed by atoms with Gasteiger partial charge in [0.15, 0.2) is 0 Å². The minimum Gasteiger partial charge on any atom is -0.341 e. The lowest BCUT2D eigenvalue weighted by Crippen LogP contribution is -2.37. The van der Waals surface area contributed by atoms with Crippen molar-refractivity contribution in [3.63, 3.8) is 0 Å². The minimum atomic E-state index is 0.217. The van der Waals surface area contributed by atoms with Gasteiger partial charge in [-0.05, 0) is 38.0 Å². The highest BCUT2D eigenvalue weighted by molar-refractivity contribution is 5.79. The Morgan fingerprint density at radius 2 is 1.94 bits per heavy atom. The lowest BCUT2D eigenvalue weighted by atomic mass is 9.79. The summed E-state index contributed by atoms with van der Waals surface area (Å²) in [7, 11) is 0. The fourth-order valence-electron chi connectivity index (χ4n) is 3.44. The van der Waals surface area contributed by atoms with Gasteiger partial charge < -0.3 is 10.6 Å². The third-order valence-electron chi connectivity index (χ3n) is 4.70. The number of likely N-dealkylation sites (tertiary alicyclic amines) is 1. The van der Waals surface area contributed by atoms with Gasteiger partial charge in [-0.1, -0.05) is 26.2 Å². The molecule has 104 valence electrons. The number of carbonyl (C=O) groups excluding carboxylic acids is 1. The van der Waals surface area contributed by atoms with Crippen molar-refractivity contribution in [3.05, 3.63) is 0 Å². The molecule has 0 aromatic carbocycles. The number of unbranched alkanes of at least 4 members (excludes halogenated alkanes) is 1. The smallest absolute Gasteiger partial charge is 0.225 e. The van der Waals surface area contributed by atoms with Crippen molar-refractivity contribution in [1.82, 2.24) is 4.90 Å². The van der Waals surface area contributed by atoms with Crippen LogP contribution in [0.3, 0.4) is 0 Å². The van der Waals surface area contributed by atoms with E-state index in [0.29, 0.717) is 11.8 Å². The molecule has 0 unspecified atom stereocenters. The molecule has 1 aliphatic carbocycles. The van der Waals surface area contributed by atoms with Gasteiger partial charge in [0.05, 0.1) is 0 Å². The first kappa shape index (κ1) is 13.9. The monoisotopic (exact) mass is 252 g/mol. The molecule has 0 spiro atoms. The Labute approximate surface area is 111 Å². The molecule has 2 N–H and O–H groups in total. The average molecular weight is 252 g/mol. The van der Waals surface area contributed by atoms with Gasteiger partial charge in [-0.15, -0.1) is 0 Å². The van der Waals surface area contributed by atoms with E-state index in [1.165, 1.54) is 32.1 Å². The molecule has 0 radical (unpaired) electrons. The topological polar surface area (TPSA) is 46.3 Å². The Kier molecular flexibility index (Phi) is 5.04. The second-order valence-corrected chi connectivity index (χ2v) is 6.19. The summed E-state index contributed by atoms with van der Waals surface area (Å²) in [5, 5.41) is 0. The summed E-state index contributed by atoms with van der Waals surface area (Å²) in [5.41, 5.74) is 5.88. The SMILES string of the molecule is CCCCC1CCC(C(=O)N2CC[C@@H](N)C2)CC1. The normalized spacial score (nSPS) is 32.8. The average Bonchev–Trinajstić information content (AvgIpc) is 2.83. The standard InChI is InChI=1S/C15H28N2O/c1-2-3-4-12-5-7-13(8-6-12)15(18)17-10-9-14(16)11-17/h12-14H,2-11,16H2,1H3/t12?,13?,14-/m1/s1.